The van der Waals surface area contributed by atoms with Crippen molar-refractivity contribution < 1.29 is 27.5 Å². The molecular formula is C21H25F3N4O3. The van der Waals surface area contributed by atoms with Crippen molar-refractivity contribution in [3.8, 4) is 0 Å². The smallest absolute Gasteiger partial charge is 0.394 e. The summed E-state index contributed by atoms with van der Waals surface area (Å²) in [7, 11) is 0. The number of oxazole rings is 1. The fraction of sp³-hybridized carbons (Fsp3) is 0.571. The molecule has 0 radical (unpaired) electrons. The van der Waals surface area contributed by atoms with Gasteiger partial charge in [-0.15, -0.1) is 0 Å². The van der Waals surface area contributed by atoms with Gasteiger partial charge in [-0.3, -0.25) is 9.78 Å². The molecular weight excluding hydrogens is 413 g/mol. The molecule has 7 nitrogen and oxygen atoms in total. The summed E-state index contributed by atoms with van der Waals surface area (Å²) in [4.78, 5) is 24.8. The first-order valence-electron chi connectivity index (χ1n) is 10.2. The number of carbonyl (C=O) groups excluding carboxylic acids is 1. The molecule has 2 aromatic rings. The van der Waals surface area contributed by atoms with Gasteiger partial charge in [0, 0.05) is 44.2 Å². The van der Waals surface area contributed by atoms with Crippen molar-refractivity contribution in [2.24, 2.45) is 11.8 Å². The fourth-order valence-corrected chi connectivity index (χ4v) is 4.53. The lowest BCUT2D eigenvalue weighted by atomic mass is 10.0. The van der Waals surface area contributed by atoms with Crippen molar-refractivity contribution in [1.82, 2.24) is 14.9 Å². The minimum atomic E-state index is -4.43. The van der Waals surface area contributed by atoms with E-state index in [2.05, 4.69) is 9.97 Å². The Kier molecular flexibility index (Phi) is 5.23. The Morgan fingerprint density at radius 2 is 1.87 bits per heavy atom. The molecule has 0 bridgehead atoms. The van der Waals surface area contributed by atoms with Crippen molar-refractivity contribution >= 4 is 11.9 Å². The van der Waals surface area contributed by atoms with Gasteiger partial charge in [-0.1, -0.05) is 0 Å². The molecule has 168 valence electrons. The van der Waals surface area contributed by atoms with Crippen molar-refractivity contribution in [2.75, 3.05) is 31.1 Å². The van der Waals surface area contributed by atoms with Gasteiger partial charge < -0.3 is 19.3 Å². The molecule has 1 N–H and O–H groups in total. The second kappa shape index (κ2) is 7.51. The predicted molar refractivity (Wildman–Crippen MR) is 106 cm³/mol. The molecule has 2 fully saturated rings. The number of hydrogen-bond acceptors (Lipinski definition) is 6. The lowest BCUT2D eigenvalue weighted by Gasteiger charge is -2.22. The highest BCUT2D eigenvalue weighted by molar-refractivity contribution is 5.95. The molecule has 31 heavy (non-hydrogen) atoms. The number of nitrogens with zero attached hydrogens (tertiary/aromatic N) is 4. The summed E-state index contributed by atoms with van der Waals surface area (Å²) in [5.74, 6) is 0.490. The van der Waals surface area contributed by atoms with E-state index in [-0.39, 0.29) is 23.1 Å². The normalized spacial score (nSPS) is 21.6. The molecule has 2 unspecified atom stereocenters. The van der Waals surface area contributed by atoms with Crippen molar-refractivity contribution in [1.29, 1.82) is 0 Å². The zero-order chi connectivity index (χ0) is 22.6. The van der Waals surface area contributed by atoms with Gasteiger partial charge >= 0.3 is 6.18 Å². The van der Waals surface area contributed by atoms with Crippen LogP contribution in [0.2, 0.25) is 0 Å². The van der Waals surface area contributed by atoms with Gasteiger partial charge in [-0.05, 0) is 32.9 Å². The van der Waals surface area contributed by atoms with E-state index in [1.165, 1.54) is 18.3 Å². The molecule has 10 heteroatoms. The van der Waals surface area contributed by atoms with Crippen molar-refractivity contribution in [3.63, 3.8) is 0 Å². The number of fused-ring (bicyclic) bond motifs is 1. The number of aryl methyl sites for hydroxylation is 1. The quantitative estimate of drug-likeness (QED) is 0.791. The molecule has 0 aromatic carbocycles. The Hall–Kier alpha value is -2.62. The average Bonchev–Trinajstić information content (AvgIpc) is 3.32. The minimum Gasteiger partial charge on any atom is -0.429 e. The van der Waals surface area contributed by atoms with Crippen molar-refractivity contribution in [3.05, 3.63) is 41.0 Å². The molecule has 4 rings (SSSR count). The summed E-state index contributed by atoms with van der Waals surface area (Å²) in [5.41, 5.74) is -0.851. The fourth-order valence-electron chi connectivity index (χ4n) is 4.53. The summed E-state index contributed by atoms with van der Waals surface area (Å²) < 4.78 is 44.3. The number of aliphatic hydroxyl groups is 1. The molecule has 1 amide bonds. The first-order valence-corrected chi connectivity index (χ1v) is 10.2. The first kappa shape index (κ1) is 21.6. The van der Waals surface area contributed by atoms with Crippen LogP contribution in [0.4, 0.5) is 19.2 Å². The number of alkyl halides is 3. The van der Waals surface area contributed by atoms with Crippen LogP contribution in [0.1, 0.15) is 41.4 Å². The molecule has 2 saturated heterocycles. The Morgan fingerprint density at radius 1 is 1.23 bits per heavy atom. The van der Waals surface area contributed by atoms with Gasteiger partial charge in [0.2, 0.25) is 0 Å². The maximum absolute atomic E-state index is 12.9. The third-order valence-electron chi connectivity index (χ3n) is 5.90. The standard InChI is InChI=1S/C21H25F3N4O3/c1-12-17(20(2,3)30)26-19(31-12)28-10-13-8-27(9-14(13)11-28)18(29)15-5-4-6-25-16(15)7-21(22,23)24/h4-6,13-14,30H,7-11H2,1-3H3. The highest BCUT2D eigenvalue weighted by Crippen LogP contribution is 2.36. The van der Waals surface area contributed by atoms with Gasteiger partial charge in [0.05, 0.1) is 17.7 Å². The van der Waals surface area contributed by atoms with E-state index in [4.69, 9.17) is 4.42 Å². The van der Waals surface area contributed by atoms with Gasteiger partial charge in [-0.25, -0.2) is 0 Å². The second-order valence-electron chi connectivity index (χ2n) is 8.89. The topological polar surface area (TPSA) is 82.7 Å². The number of aromatic nitrogens is 2. The van der Waals surface area contributed by atoms with Crippen molar-refractivity contribution in [2.45, 2.75) is 39.0 Å². The number of anilines is 1. The van der Waals surface area contributed by atoms with Crippen LogP contribution in [0.3, 0.4) is 0 Å². The van der Waals surface area contributed by atoms with E-state index in [1.807, 2.05) is 4.90 Å². The summed E-state index contributed by atoms with van der Waals surface area (Å²) in [6, 6.07) is 3.34. The Bertz CT molecular complexity index is 969. The number of carbonyl (C=O) groups is 1. The molecule has 4 heterocycles. The molecule has 0 aliphatic carbocycles. The maximum Gasteiger partial charge on any atom is 0.394 e. The van der Waals surface area contributed by atoms with E-state index >= 15 is 0 Å². The van der Waals surface area contributed by atoms with E-state index in [0.29, 0.717) is 43.6 Å². The van der Waals surface area contributed by atoms with E-state index < -0.39 is 24.1 Å². The lowest BCUT2D eigenvalue weighted by Crippen LogP contribution is -2.34. The molecule has 2 aliphatic rings. The van der Waals surface area contributed by atoms with Gasteiger partial charge in [0.25, 0.3) is 11.9 Å². The van der Waals surface area contributed by atoms with Crippen LogP contribution in [-0.4, -0.2) is 58.2 Å². The third-order valence-corrected chi connectivity index (χ3v) is 5.90. The Morgan fingerprint density at radius 3 is 2.42 bits per heavy atom. The highest BCUT2D eigenvalue weighted by atomic mass is 19.4. The highest BCUT2D eigenvalue weighted by Gasteiger charge is 2.44. The van der Waals surface area contributed by atoms with E-state index in [9.17, 15) is 23.1 Å². The van der Waals surface area contributed by atoms with Gasteiger partial charge in [0.1, 0.15) is 17.1 Å². The largest absolute Gasteiger partial charge is 0.429 e. The number of hydrogen-bond donors (Lipinski definition) is 1. The average molecular weight is 438 g/mol. The number of halogens is 3. The van der Waals surface area contributed by atoms with Gasteiger partial charge in [-0.2, -0.15) is 18.2 Å². The minimum absolute atomic E-state index is 0.00907. The first-order chi connectivity index (χ1) is 14.4. The van der Waals surface area contributed by atoms with Gasteiger partial charge in [0.15, 0.2) is 0 Å². The van der Waals surface area contributed by atoms with E-state index in [0.717, 1.165) is 0 Å². The van der Waals surface area contributed by atoms with Crippen LogP contribution in [-0.2, 0) is 12.0 Å². The van der Waals surface area contributed by atoms with Crippen LogP contribution in [0.15, 0.2) is 22.7 Å². The van der Waals surface area contributed by atoms with Crippen LogP contribution in [0, 0.1) is 18.8 Å². The summed E-state index contributed by atoms with van der Waals surface area (Å²) >= 11 is 0. The van der Waals surface area contributed by atoms with Crippen LogP contribution in [0.25, 0.3) is 0 Å². The lowest BCUT2D eigenvalue weighted by molar-refractivity contribution is -0.127. The molecule has 2 aliphatic heterocycles. The summed E-state index contributed by atoms with van der Waals surface area (Å²) in [6.45, 7) is 7.22. The monoisotopic (exact) mass is 438 g/mol. The Labute approximate surface area is 177 Å². The third kappa shape index (κ3) is 4.39. The number of rotatable bonds is 4. The summed E-state index contributed by atoms with van der Waals surface area (Å²) in [5, 5.41) is 10.2. The molecule has 0 spiro atoms. The number of amides is 1. The molecule has 2 atom stereocenters. The second-order valence-corrected chi connectivity index (χ2v) is 8.89. The SMILES string of the molecule is Cc1oc(N2CC3CN(C(=O)c4cccnc4CC(F)(F)F)CC3C2)nc1C(C)(C)O. The van der Waals surface area contributed by atoms with Crippen LogP contribution in [0.5, 0.6) is 0 Å². The Balaban J connectivity index is 1.44. The summed E-state index contributed by atoms with van der Waals surface area (Å²) in [6.07, 6.45) is -4.38. The number of pyridine rings is 1. The van der Waals surface area contributed by atoms with Crippen LogP contribution >= 0.6 is 0 Å². The zero-order valence-electron chi connectivity index (χ0n) is 17.6. The zero-order valence-corrected chi connectivity index (χ0v) is 17.6. The molecule has 2 aromatic heterocycles. The maximum atomic E-state index is 12.9. The predicted octanol–water partition coefficient (Wildman–Crippen LogP) is 2.92. The van der Waals surface area contributed by atoms with Crippen LogP contribution < -0.4 is 4.90 Å². The number of likely N-dealkylation sites (tertiary alicyclic amines) is 1. The molecule has 0 saturated carbocycles. The van der Waals surface area contributed by atoms with E-state index in [1.54, 1.807) is 25.7 Å².